The largest absolute Gasteiger partial charge is 0.449 e. The second kappa shape index (κ2) is 11.5. The highest BCUT2D eigenvalue weighted by atomic mass is 16.5. The van der Waals surface area contributed by atoms with Crippen LogP contribution in [0.4, 0.5) is 4.79 Å². The Morgan fingerprint density at radius 3 is 2.25 bits per heavy atom. The average molecular weight is 489 g/mol. The number of fused-ring (bicyclic) bond motifs is 1. The summed E-state index contributed by atoms with van der Waals surface area (Å²) in [6, 6.07) is 13.4. The first-order valence-electron chi connectivity index (χ1n) is 12.8. The van der Waals surface area contributed by atoms with Crippen LogP contribution in [0, 0.1) is 17.3 Å². The number of para-hydroxylation sites is 1. The molecule has 2 aromatic heterocycles. The summed E-state index contributed by atoms with van der Waals surface area (Å²) in [5.74, 6) is 0.811. The fraction of sp³-hybridized carbons (Fsp3) is 0.448. The summed E-state index contributed by atoms with van der Waals surface area (Å²) in [6.45, 7) is 7.81. The molecule has 190 valence electrons. The van der Waals surface area contributed by atoms with Gasteiger partial charge in [-0.3, -0.25) is 9.78 Å². The number of ether oxygens (including phenoxy) is 1. The summed E-state index contributed by atoms with van der Waals surface area (Å²) in [5, 5.41) is 6.92. The molecule has 0 bridgehead atoms. The summed E-state index contributed by atoms with van der Waals surface area (Å²) in [7, 11) is 0. The minimum absolute atomic E-state index is 0.0387. The summed E-state index contributed by atoms with van der Waals surface area (Å²) in [4.78, 5) is 34.0. The minimum Gasteiger partial charge on any atom is -0.449 e. The van der Waals surface area contributed by atoms with E-state index in [0.29, 0.717) is 37.1 Å². The average Bonchev–Trinajstić information content (AvgIpc) is 2.89. The van der Waals surface area contributed by atoms with E-state index in [1.54, 1.807) is 12.4 Å². The number of hydrogen-bond donors (Lipinski definition) is 2. The van der Waals surface area contributed by atoms with Crippen molar-refractivity contribution in [3.05, 3.63) is 60.4 Å². The van der Waals surface area contributed by atoms with Gasteiger partial charge in [-0.15, -0.1) is 0 Å². The maximum atomic E-state index is 13.2. The van der Waals surface area contributed by atoms with E-state index in [0.717, 1.165) is 47.8 Å². The van der Waals surface area contributed by atoms with Crippen molar-refractivity contribution >= 4 is 22.9 Å². The second-order valence-corrected chi connectivity index (χ2v) is 10.9. The fourth-order valence-corrected chi connectivity index (χ4v) is 4.57. The SMILES string of the molecule is CC(C)(C)COC(=O)NC[C@H]1CC[C@H](CNC(=O)c2cc(-c3ccncc3)nc3ccccc23)CC1. The Hall–Kier alpha value is -3.48. The molecule has 1 saturated carbocycles. The van der Waals surface area contributed by atoms with Crippen LogP contribution in [0.2, 0.25) is 0 Å². The Bertz CT molecular complexity index is 1180. The highest BCUT2D eigenvalue weighted by Crippen LogP contribution is 2.29. The predicted molar refractivity (Wildman–Crippen MR) is 142 cm³/mol. The number of aromatic nitrogens is 2. The smallest absolute Gasteiger partial charge is 0.407 e. The van der Waals surface area contributed by atoms with Crippen molar-refractivity contribution in [2.75, 3.05) is 19.7 Å². The summed E-state index contributed by atoms with van der Waals surface area (Å²) >= 11 is 0. The molecule has 1 aromatic carbocycles. The third-order valence-electron chi connectivity index (χ3n) is 6.63. The topological polar surface area (TPSA) is 93.2 Å². The number of nitrogens with zero attached hydrogens (tertiary/aromatic N) is 2. The van der Waals surface area contributed by atoms with Crippen molar-refractivity contribution < 1.29 is 14.3 Å². The number of alkyl carbamates (subject to hydrolysis) is 1. The second-order valence-electron chi connectivity index (χ2n) is 10.9. The van der Waals surface area contributed by atoms with Crippen LogP contribution >= 0.6 is 0 Å². The van der Waals surface area contributed by atoms with Crippen LogP contribution in [0.15, 0.2) is 54.9 Å². The van der Waals surface area contributed by atoms with Crippen LogP contribution in [0.3, 0.4) is 0 Å². The van der Waals surface area contributed by atoms with Gasteiger partial charge in [0.2, 0.25) is 0 Å². The Morgan fingerprint density at radius 1 is 0.944 bits per heavy atom. The third kappa shape index (κ3) is 7.03. The molecule has 0 saturated heterocycles. The molecular formula is C29H36N4O3. The van der Waals surface area contributed by atoms with Gasteiger partial charge in [-0.05, 0) is 67.2 Å². The van der Waals surface area contributed by atoms with Crippen molar-refractivity contribution in [2.45, 2.75) is 46.5 Å². The van der Waals surface area contributed by atoms with E-state index >= 15 is 0 Å². The molecule has 7 heteroatoms. The van der Waals surface area contributed by atoms with E-state index in [1.807, 2.05) is 63.2 Å². The van der Waals surface area contributed by atoms with E-state index in [9.17, 15) is 9.59 Å². The zero-order valence-corrected chi connectivity index (χ0v) is 21.4. The van der Waals surface area contributed by atoms with Crippen molar-refractivity contribution in [1.29, 1.82) is 0 Å². The van der Waals surface area contributed by atoms with Gasteiger partial charge in [0.25, 0.3) is 5.91 Å². The Labute approximate surface area is 213 Å². The summed E-state index contributed by atoms with van der Waals surface area (Å²) in [6.07, 6.45) is 7.25. The van der Waals surface area contributed by atoms with Gasteiger partial charge in [0.15, 0.2) is 0 Å². The van der Waals surface area contributed by atoms with Crippen molar-refractivity contribution in [2.24, 2.45) is 17.3 Å². The van der Waals surface area contributed by atoms with Gasteiger partial charge in [-0.1, -0.05) is 39.0 Å². The number of hydrogen-bond acceptors (Lipinski definition) is 5. The first-order chi connectivity index (χ1) is 17.3. The number of rotatable bonds is 7. The van der Waals surface area contributed by atoms with Gasteiger partial charge in [-0.25, -0.2) is 9.78 Å². The molecule has 0 aliphatic heterocycles. The van der Waals surface area contributed by atoms with Crippen LogP contribution in [0.25, 0.3) is 22.2 Å². The van der Waals surface area contributed by atoms with E-state index < -0.39 is 0 Å². The zero-order valence-electron chi connectivity index (χ0n) is 21.4. The molecule has 2 N–H and O–H groups in total. The lowest BCUT2D eigenvalue weighted by molar-refractivity contribution is 0.0939. The first-order valence-corrected chi connectivity index (χ1v) is 12.8. The predicted octanol–water partition coefficient (Wildman–Crippen LogP) is 5.61. The standard InChI is InChI=1S/C29H36N4O3/c1-29(2,3)19-36-28(35)32-18-21-10-8-20(9-11-21)17-31-27(34)24-16-26(22-12-14-30-15-13-22)33-25-7-5-4-6-23(24)25/h4-7,12-16,20-21H,8-11,17-19H2,1-3H3,(H,31,34)(H,32,35)/t20-,21-. The molecule has 2 amide bonds. The molecule has 4 rings (SSSR count). The molecule has 1 fully saturated rings. The van der Waals surface area contributed by atoms with Gasteiger partial charge < -0.3 is 15.4 Å². The number of pyridine rings is 2. The van der Waals surface area contributed by atoms with Crippen molar-refractivity contribution in [3.8, 4) is 11.3 Å². The molecule has 1 aliphatic rings. The lowest BCUT2D eigenvalue weighted by Crippen LogP contribution is -2.35. The van der Waals surface area contributed by atoms with Crippen LogP contribution < -0.4 is 10.6 Å². The van der Waals surface area contributed by atoms with Gasteiger partial charge in [0.1, 0.15) is 0 Å². The van der Waals surface area contributed by atoms with E-state index in [4.69, 9.17) is 9.72 Å². The maximum absolute atomic E-state index is 13.2. The van der Waals surface area contributed by atoms with Gasteiger partial charge in [0, 0.05) is 36.4 Å². The molecule has 36 heavy (non-hydrogen) atoms. The number of carbonyl (C=O) groups excluding carboxylic acids is 2. The third-order valence-corrected chi connectivity index (χ3v) is 6.63. The van der Waals surface area contributed by atoms with Crippen LogP contribution in [-0.4, -0.2) is 41.7 Å². The highest BCUT2D eigenvalue weighted by Gasteiger charge is 2.23. The normalized spacial score (nSPS) is 18.0. The monoisotopic (exact) mass is 488 g/mol. The van der Waals surface area contributed by atoms with Crippen LogP contribution in [0.1, 0.15) is 56.8 Å². The van der Waals surface area contributed by atoms with Crippen LogP contribution in [-0.2, 0) is 4.74 Å². The van der Waals surface area contributed by atoms with Gasteiger partial charge in [0.05, 0.1) is 23.4 Å². The van der Waals surface area contributed by atoms with Crippen LogP contribution in [0.5, 0.6) is 0 Å². The summed E-state index contributed by atoms with van der Waals surface area (Å²) < 4.78 is 5.29. The number of benzene rings is 1. The quantitative estimate of drug-likeness (QED) is 0.451. The van der Waals surface area contributed by atoms with E-state index in [2.05, 4.69) is 15.6 Å². The van der Waals surface area contributed by atoms with Crippen molar-refractivity contribution in [1.82, 2.24) is 20.6 Å². The molecule has 0 unspecified atom stereocenters. The summed E-state index contributed by atoms with van der Waals surface area (Å²) in [5.41, 5.74) is 3.09. The van der Waals surface area contributed by atoms with E-state index in [1.165, 1.54) is 0 Å². The maximum Gasteiger partial charge on any atom is 0.407 e. The lowest BCUT2D eigenvalue weighted by atomic mass is 9.82. The molecule has 0 atom stereocenters. The molecule has 7 nitrogen and oxygen atoms in total. The van der Waals surface area contributed by atoms with E-state index in [-0.39, 0.29) is 17.4 Å². The van der Waals surface area contributed by atoms with Gasteiger partial charge >= 0.3 is 6.09 Å². The Kier molecular flexibility index (Phi) is 8.18. The molecule has 1 aliphatic carbocycles. The molecule has 0 radical (unpaired) electrons. The molecule has 2 heterocycles. The first kappa shape index (κ1) is 25.6. The molecular weight excluding hydrogens is 452 g/mol. The number of amides is 2. The minimum atomic E-state index is -0.338. The Balaban J connectivity index is 1.30. The fourth-order valence-electron chi connectivity index (χ4n) is 4.57. The number of carbonyl (C=O) groups is 2. The molecule has 3 aromatic rings. The zero-order chi connectivity index (χ0) is 25.5. The number of nitrogens with one attached hydrogen (secondary N) is 2. The lowest BCUT2D eigenvalue weighted by Gasteiger charge is -2.29. The highest BCUT2D eigenvalue weighted by molar-refractivity contribution is 6.07. The van der Waals surface area contributed by atoms with Crippen molar-refractivity contribution in [3.63, 3.8) is 0 Å². The Morgan fingerprint density at radius 2 is 1.58 bits per heavy atom. The van der Waals surface area contributed by atoms with Gasteiger partial charge in [-0.2, -0.15) is 0 Å². The molecule has 0 spiro atoms.